The van der Waals surface area contributed by atoms with Crippen LogP contribution < -0.4 is 0 Å². The second-order valence-corrected chi connectivity index (χ2v) is 4.64. The molecule has 0 spiro atoms. The quantitative estimate of drug-likeness (QED) is 0.662. The number of benzene rings is 2. The van der Waals surface area contributed by atoms with Crippen LogP contribution in [0.15, 0.2) is 48.6 Å². The lowest BCUT2D eigenvalue weighted by Crippen LogP contribution is -2.11. The Kier molecular flexibility index (Phi) is 1.85. The molecule has 0 aliphatic heterocycles. The minimum atomic E-state index is -0.119. The Bertz CT molecular complexity index is 900. The summed E-state index contributed by atoms with van der Waals surface area (Å²) in [4.78, 5) is 27.1. The summed E-state index contributed by atoms with van der Waals surface area (Å²) in [6.07, 6.45) is 2.68. The highest BCUT2D eigenvalue weighted by atomic mass is 16.1. The van der Waals surface area contributed by atoms with E-state index in [-0.39, 0.29) is 11.6 Å². The first-order chi connectivity index (χ1) is 9.25. The number of H-pyrrole nitrogens is 1. The van der Waals surface area contributed by atoms with Gasteiger partial charge >= 0.3 is 0 Å². The van der Waals surface area contributed by atoms with Crippen molar-refractivity contribution in [3.8, 4) is 0 Å². The number of allylic oxidation sites excluding steroid dienone is 2. The minimum Gasteiger partial charge on any atom is -0.354 e. The van der Waals surface area contributed by atoms with Crippen LogP contribution in [0.4, 0.5) is 0 Å². The van der Waals surface area contributed by atoms with Gasteiger partial charge in [0.15, 0.2) is 11.6 Å². The van der Waals surface area contributed by atoms with Crippen LogP contribution in [0.5, 0.6) is 0 Å². The van der Waals surface area contributed by atoms with Crippen LogP contribution in [-0.2, 0) is 0 Å². The van der Waals surface area contributed by atoms with Gasteiger partial charge in [0.05, 0.1) is 11.1 Å². The van der Waals surface area contributed by atoms with Gasteiger partial charge in [-0.1, -0.05) is 24.3 Å². The van der Waals surface area contributed by atoms with Gasteiger partial charge in [0.2, 0.25) is 0 Å². The zero-order valence-electron chi connectivity index (χ0n) is 9.94. The molecule has 3 nitrogen and oxygen atoms in total. The average molecular weight is 247 g/mol. The third-order valence-corrected chi connectivity index (χ3v) is 3.58. The van der Waals surface area contributed by atoms with E-state index in [0.29, 0.717) is 11.1 Å². The van der Waals surface area contributed by atoms with Crippen molar-refractivity contribution in [2.45, 2.75) is 0 Å². The van der Waals surface area contributed by atoms with Crippen LogP contribution in [0, 0.1) is 0 Å². The number of carbonyl (C=O) groups is 2. The Morgan fingerprint density at radius 1 is 0.789 bits per heavy atom. The highest BCUT2D eigenvalue weighted by molar-refractivity contribution is 6.28. The Balaban J connectivity index is 2.23. The highest BCUT2D eigenvalue weighted by Crippen LogP contribution is 2.31. The lowest BCUT2D eigenvalue weighted by atomic mass is 9.92. The Morgan fingerprint density at radius 3 is 2.47 bits per heavy atom. The van der Waals surface area contributed by atoms with Crippen LogP contribution in [0.1, 0.15) is 20.7 Å². The number of carbonyl (C=O) groups excluding carboxylic acids is 2. The van der Waals surface area contributed by atoms with Gasteiger partial charge in [-0.05, 0) is 24.3 Å². The van der Waals surface area contributed by atoms with Crippen molar-refractivity contribution in [2.24, 2.45) is 0 Å². The smallest absolute Gasteiger partial charge is 0.188 e. The third kappa shape index (κ3) is 1.27. The SMILES string of the molecule is O=C1C=CC(=O)c2c1ccc1c2[nH]c2ccccc21. The summed E-state index contributed by atoms with van der Waals surface area (Å²) >= 11 is 0. The first-order valence-corrected chi connectivity index (χ1v) is 6.06. The van der Waals surface area contributed by atoms with E-state index in [1.807, 2.05) is 30.3 Å². The molecule has 1 aromatic heterocycles. The van der Waals surface area contributed by atoms with Crippen molar-refractivity contribution in [3.05, 3.63) is 59.7 Å². The lowest BCUT2D eigenvalue weighted by molar-refractivity contribution is 0.0995. The molecule has 0 radical (unpaired) electrons. The van der Waals surface area contributed by atoms with Gasteiger partial charge in [-0.25, -0.2) is 0 Å². The molecule has 0 saturated heterocycles. The van der Waals surface area contributed by atoms with Crippen LogP contribution in [-0.4, -0.2) is 16.6 Å². The third-order valence-electron chi connectivity index (χ3n) is 3.58. The number of hydrogen-bond donors (Lipinski definition) is 1. The molecule has 0 bridgehead atoms. The van der Waals surface area contributed by atoms with E-state index in [9.17, 15) is 9.59 Å². The molecule has 0 unspecified atom stereocenters. The van der Waals surface area contributed by atoms with Crippen molar-refractivity contribution >= 4 is 33.4 Å². The molecule has 1 heterocycles. The molecule has 4 rings (SSSR count). The first kappa shape index (κ1) is 10.3. The fourth-order valence-corrected chi connectivity index (χ4v) is 2.70. The molecule has 1 aliphatic carbocycles. The predicted molar refractivity (Wildman–Crippen MR) is 73.6 cm³/mol. The molecule has 90 valence electrons. The fraction of sp³-hybridized carbons (Fsp3) is 0. The minimum absolute atomic E-state index is 0.116. The van der Waals surface area contributed by atoms with Gasteiger partial charge < -0.3 is 4.98 Å². The van der Waals surface area contributed by atoms with E-state index >= 15 is 0 Å². The van der Waals surface area contributed by atoms with Crippen LogP contribution in [0.2, 0.25) is 0 Å². The molecule has 0 fully saturated rings. The molecule has 0 saturated carbocycles. The number of para-hydroxylation sites is 1. The van der Waals surface area contributed by atoms with Crippen molar-refractivity contribution in [1.29, 1.82) is 0 Å². The number of fused-ring (bicyclic) bond motifs is 5. The number of nitrogens with one attached hydrogen (secondary N) is 1. The number of ketones is 2. The van der Waals surface area contributed by atoms with Gasteiger partial charge in [0.25, 0.3) is 0 Å². The van der Waals surface area contributed by atoms with Crippen molar-refractivity contribution < 1.29 is 9.59 Å². The topological polar surface area (TPSA) is 49.9 Å². The molecule has 0 atom stereocenters. The second-order valence-electron chi connectivity index (χ2n) is 4.64. The summed E-state index contributed by atoms with van der Waals surface area (Å²) in [5, 5.41) is 2.04. The average Bonchev–Trinajstić information content (AvgIpc) is 2.81. The highest BCUT2D eigenvalue weighted by Gasteiger charge is 2.23. The van der Waals surface area contributed by atoms with Gasteiger partial charge in [0.1, 0.15) is 0 Å². The van der Waals surface area contributed by atoms with Crippen molar-refractivity contribution in [3.63, 3.8) is 0 Å². The molecule has 1 N–H and O–H groups in total. The summed E-state index contributed by atoms with van der Waals surface area (Å²) in [7, 11) is 0. The van der Waals surface area contributed by atoms with Crippen LogP contribution in [0.3, 0.4) is 0 Å². The summed E-state index contributed by atoms with van der Waals surface area (Å²) in [6, 6.07) is 11.5. The summed E-state index contributed by atoms with van der Waals surface area (Å²) in [5.74, 6) is -0.234. The van der Waals surface area contributed by atoms with E-state index in [2.05, 4.69) is 4.98 Å². The van der Waals surface area contributed by atoms with Gasteiger partial charge in [-0.3, -0.25) is 9.59 Å². The predicted octanol–water partition coefficient (Wildman–Crippen LogP) is 3.26. The van der Waals surface area contributed by atoms with Gasteiger partial charge in [0, 0.05) is 21.9 Å². The van der Waals surface area contributed by atoms with E-state index < -0.39 is 0 Å². The maximum absolute atomic E-state index is 12.1. The molecule has 0 amide bonds. The van der Waals surface area contributed by atoms with Crippen molar-refractivity contribution in [1.82, 2.24) is 4.98 Å². The van der Waals surface area contributed by atoms with Gasteiger partial charge in [-0.15, -0.1) is 0 Å². The number of aromatic nitrogens is 1. The maximum Gasteiger partial charge on any atom is 0.188 e. The standard InChI is InChI=1S/C16H9NO2/c18-13-7-8-14(19)15-11(13)6-5-10-9-3-1-2-4-12(9)17-16(10)15/h1-8,17H. The lowest BCUT2D eigenvalue weighted by Gasteiger charge is -2.09. The normalized spacial score (nSPS) is 14.3. The number of rotatable bonds is 0. The molecule has 2 aromatic carbocycles. The summed E-state index contributed by atoms with van der Waals surface area (Å²) in [6.45, 7) is 0. The molecule has 3 aromatic rings. The molecular formula is C16H9NO2. The van der Waals surface area contributed by atoms with Crippen molar-refractivity contribution in [2.75, 3.05) is 0 Å². The molecule has 19 heavy (non-hydrogen) atoms. The Morgan fingerprint density at radius 2 is 1.58 bits per heavy atom. The van der Waals surface area contributed by atoms with E-state index in [1.54, 1.807) is 6.07 Å². The number of hydrogen-bond acceptors (Lipinski definition) is 2. The van der Waals surface area contributed by atoms with E-state index in [0.717, 1.165) is 21.8 Å². The monoisotopic (exact) mass is 247 g/mol. The van der Waals surface area contributed by atoms with E-state index in [1.165, 1.54) is 12.2 Å². The zero-order chi connectivity index (χ0) is 13.0. The van der Waals surface area contributed by atoms with Crippen LogP contribution in [0.25, 0.3) is 21.8 Å². The van der Waals surface area contributed by atoms with E-state index in [4.69, 9.17) is 0 Å². The summed E-state index contributed by atoms with van der Waals surface area (Å²) in [5.41, 5.74) is 2.69. The fourth-order valence-electron chi connectivity index (χ4n) is 2.70. The molecular weight excluding hydrogens is 238 g/mol. The molecule has 3 heteroatoms. The maximum atomic E-state index is 12.1. The van der Waals surface area contributed by atoms with Gasteiger partial charge in [-0.2, -0.15) is 0 Å². The molecule has 1 aliphatic rings. The zero-order valence-corrected chi connectivity index (χ0v) is 9.94. The van der Waals surface area contributed by atoms with Crippen LogP contribution >= 0.6 is 0 Å². The largest absolute Gasteiger partial charge is 0.354 e. The first-order valence-electron chi connectivity index (χ1n) is 6.06. The summed E-state index contributed by atoms with van der Waals surface area (Å²) < 4.78 is 0. The Labute approximate surface area is 108 Å². The number of aromatic amines is 1. The second kappa shape index (κ2) is 3.42. The Hall–Kier alpha value is -2.68.